The van der Waals surface area contributed by atoms with Gasteiger partial charge in [0.15, 0.2) is 0 Å². The number of hydrogen-bond donors (Lipinski definition) is 1. The number of carbonyl (C=O) groups is 1. The topological polar surface area (TPSA) is 35.6 Å². The lowest BCUT2D eigenvalue weighted by Crippen LogP contribution is -2.48. The molecule has 0 saturated carbocycles. The second-order valence-electron chi connectivity index (χ2n) is 7.10. The molecule has 1 atom stereocenters. The van der Waals surface area contributed by atoms with Crippen LogP contribution in [0.2, 0.25) is 10.0 Å². The molecule has 27 heavy (non-hydrogen) atoms. The van der Waals surface area contributed by atoms with Crippen LogP contribution in [0.3, 0.4) is 0 Å². The first-order valence-electron chi connectivity index (χ1n) is 9.16. The van der Waals surface area contributed by atoms with Gasteiger partial charge in [-0.1, -0.05) is 53.0 Å². The van der Waals surface area contributed by atoms with E-state index < -0.39 is 0 Å². The second kappa shape index (κ2) is 9.07. The van der Waals surface area contributed by atoms with Crippen LogP contribution < -0.4 is 5.32 Å². The van der Waals surface area contributed by atoms with Gasteiger partial charge < -0.3 is 10.2 Å². The van der Waals surface area contributed by atoms with Gasteiger partial charge >= 0.3 is 0 Å². The molecule has 0 radical (unpaired) electrons. The predicted molar refractivity (Wildman–Crippen MR) is 112 cm³/mol. The van der Waals surface area contributed by atoms with Crippen molar-refractivity contribution in [2.24, 2.45) is 0 Å². The van der Waals surface area contributed by atoms with Crippen molar-refractivity contribution in [3.8, 4) is 0 Å². The van der Waals surface area contributed by atoms with Crippen molar-refractivity contribution in [2.75, 3.05) is 39.8 Å². The molecule has 2 aromatic carbocycles. The van der Waals surface area contributed by atoms with Crippen molar-refractivity contribution >= 4 is 29.1 Å². The fraction of sp³-hybridized carbons (Fsp3) is 0.381. The second-order valence-corrected chi connectivity index (χ2v) is 7.94. The van der Waals surface area contributed by atoms with Crippen LogP contribution in [0.15, 0.2) is 42.5 Å². The molecule has 1 N–H and O–H groups in total. The minimum Gasteiger partial charge on any atom is -0.350 e. The fourth-order valence-electron chi connectivity index (χ4n) is 3.34. The highest BCUT2D eigenvalue weighted by molar-refractivity contribution is 6.36. The maximum absolute atomic E-state index is 12.6. The van der Waals surface area contributed by atoms with Gasteiger partial charge in [-0.2, -0.15) is 0 Å². The summed E-state index contributed by atoms with van der Waals surface area (Å²) < 4.78 is 0. The number of carbonyl (C=O) groups excluding carboxylic acids is 1. The van der Waals surface area contributed by atoms with Crippen LogP contribution in [-0.2, 0) is 0 Å². The highest BCUT2D eigenvalue weighted by Crippen LogP contribution is 2.24. The van der Waals surface area contributed by atoms with E-state index in [-0.39, 0.29) is 11.9 Å². The van der Waals surface area contributed by atoms with Crippen molar-refractivity contribution in [1.29, 1.82) is 0 Å². The smallest absolute Gasteiger partial charge is 0.252 e. The summed E-state index contributed by atoms with van der Waals surface area (Å²) in [4.78, 5) is 17.4. The van der Waals surface area contributed by atoms with Gasteiger partial charge in [-0.15, -0.1) is 0 Å². The van der Waals surface area contributed by atoms with Crippen LogP contribution >= 0.6 is 23.2 Å². The molecule has 1 saturated heterocycles. The summed E-state index contributed by atoms with van der Waals surface area (Å²) in [7, 11) is 2.14. The summed E-state index contributed by atoms with van der Waals surface area (Å²) in [6.45, 7) is 6.63. The zero-order valence-corrected chi connectivity index (χ0v) is 17.2. The molecule has 0 aliphatic carbocycles. The number of amides is 1. The van der Waals surface area contributed by atoms with Crippen LogP contribution in [0, 0.1) is 6.92 Å². The zero-order valence-electron chi connectivity index (χ0n) is 15.7. The Morgan fingerprint density at radius 2 is 1.74 bits per heavy atom. The van der Waals surface area contributed by atoms with Gasteiger partial charge in [0.05, 0.1) is 16.6 Å². The Hall–Kier alpha value is -1.59. The number of nitrogens with one attached hydrogen (secondary N) is 1. The maximum Gasteiger partial charge on any atom is 0.252 e. The van der Waals surface area contributed by atoms with Crippen LogP contribution in [-0.4, -0.2) is 55.5 Å². The molecular weight excluding hydrogens is 381 g/mol. The van der Waals surface area contributed by atoms with Gasteiger partial charge in [0.1, 0.15) is 0 Å². The van der Waals surface area contributed by atoms with Crippen LogP contribution in [0.1, 0.15) is 27.5 Å². The van der Waals surface area contributed by atoms with Gasteiger partial charge in [0, 0.05) is 37.7 Å². The van der Waals surface area contributed by atoms with E-state index in [9.17, 15) is 4.79 Å². The molecule has 0 spiro atoms. The average Bonchev–Trinajstić information content (AvgIpc) is 2.64. The molecule has 2 aromatic rings. The molecule has 6 heteroatoms. The SMILES string of the molecule is Cc1ccc([C@H](CNC(=O)c2ccc(Cl)cc2Cl)N2CCN(C)CC2)cc1. The van der Waals surface area contributed by atoms with Crippen LogP contribution in [0.4, 0.5) is 0 Å². The molecule has 0 bridgehead atoms. The zero-order chi connectivity index (χ0) is 19.4. The molecule has 0 aromatic heterocycles. The number of likely N-dealkylation sites (N-methyl/N-ethyl adjacent to an activating group) is 1. The van der Waals surface area contributed by atoms with E-state index in [2.05, 4.69) is 53.4 Å². The minimum atomic E-state index is -0.178. The molecule has 4 nitrogen and oxygen atoms in total. The first-order chi connectivity index (χ1) is 12.9. The Bertz CT molecular complexity index is 787. The van der Waals surface area contributed by atoms with Gasteiger partial charge in [-0.3, -0.25) is 9.69 Å². The van der Waals surface area contributed by atoms with Gasteiger partial charge in [-0.05, 0) is 37.7 Å². The Morgan fingerprint density at radius 3 is 2.37 bits per heavy atom. The Labute approximate surface area is 171 Å². The van der Waals surface area contributed by atoms with Crippen LogP contribution in [0.5, 0.6) is 0 Å². The molecule has 1 heterocycles. The summed E-state index contributed by atoms with van der Waals surface area (Å²) >= 11 is 12.1. The third-order valence-corrected chi connectivity index (χ3v) is 5.62. The lowest BCUT2D eigenvalue weighted by atomic mass is 10.0. The largest absolute Gasteiger partial charge is 0.350 e. The van der Waals surface area contributed by atoms with E-state index in [1.165, 1.54) is 11.1 Å². The van der Waals surface area contributed by atoms with Crippen molar-refractivity contribution in [3.05, 3.63) is 69.2 Å². The van der Waals surface area contributed by atoms with Crippen molar-refractivity contribution < 1.29 is 4.79 Å². The van der Waals surface area contributed by atoms with E-state index in [1.807, 2.05) is 0 Å². The van der Waals surface area contributed by atoms with Crippen molar-refractivity contribution in [2.45, 2.75) is 13.0 Å². The van der Waals surface area contributed by atoms with Crippen molar-refractivity contribution in [3.63, 3.8) is 0 Å². The first-order valence-corrected chi connectivity index (χ1v) is 9.92. The number of nitrogens with zero attached hydrogens (tertiary/aromatic N) is 2. The number of aryl methyl sites for hydroxylation is 1. The molecule has 3 rings (SSSR count). The van der Waals surface area contributed by atoms with E-state index in [0.29, 0.717) is 22.2 Å². The monoisotopic (exact) mass is 405 g/mol. The number of hydrogen-bond acceptors (Lipinski definition) is 3. The van der Waals surface area contributed by atoms with Crippen molar-refractivity contribution in [1.82, 2.24) is 15.1 Å². The number of piperazine rings is 1. The summed E-state index contributed by atoms with van der Waals surface area (Å²) in [5.41, 5.74) is 2.89. The Morgan fingerprint density at radius 1 is 1.07 bits per heavy atom. The maximum atomic E-state index is 12.6. The summed E-state index contributed by atoms with van der Waals surface area (Å²) in [6.07, 6.45) is 0. The van der Waals surface area contributed by atoms with E-state index in [4.69, 9.17) is 23.2 Å². The van der Waals surface area contributed by atoms with E-state index >= 15 is 0 Å². The molecule has 0 unspecified atom stereocenters. The molecule has 1 fully saturated rings. The average molecular weight is 406 g/mol. The van der Waals surface area contributed by atoms with Gasteiger partial charge in [-0.25, -0.2) is 0 Å². The highest BCUT2D eigenvalue weighted by atomic mass is 35.5. The molecule has 1 aliphatic rings. The normalized spacial score (nSPS) is 16.9. The standard InChI is InChI=1S/C21H25Cl2N3O/c1-15-3-5-16(6-4-15)20(26-11-9-25(2)10-12-26)14-24-21(27)18-8-7-17(22)13-19(18)23/h3-8,13,20H,9-12,14H2,1-2H3,(H,24,27)/t20-/m0/s1. The van der Waals surface area contributed by atoms with Gasteiger partial charge in [0.25, 0.3) is 5.91 Å². The van der Waals surface area contributed by atoms with E-state index in [0.717, 1.165) is 26.2 Å². The van der Waals surface area contributed by atoms with E-state index in [1.54, 1.807) is 18.2 Å². The Balaban J connectivity index is 1.74. The van der Waals surface area contributed by atoms with Gasteiger partial charge in [0.2, 0.25) is 0 Å². The fourth-order valence-corrected chi connectivity index (χ4v) is 3.83. The number of halogens is 2. The molecule has 1 aliphatic heterocycles. The molecular formula is C21H25Cl2N3O. The van der Waals surface area contributed by atoms with Crippen LogP contribution in [0.25, 0.3) is 0 Å². The quantitative estimate of drug-likeness (QED) is 0.815. The first kappa shape index (κ1) is 20.2. The highest BCUT2D eigenvalue weighted by Gasteiger charge is 2.24. The summed E-state index contributed by atoms with van der Waals surface area (Å²) in [5.74, 6) is -0.178. The minimum absolute atomic E-state index is 0.134. The third kappa shape index (κ3) is 5.23. The Kier molecular flexibility index (Phi) is 6.77. The lowest BCUT2D eigenvalue weighted by molar-refractivity contribution is 0.0886. The molecule has 1 amide bonds. The summed E-state index contributed by atoms with van der Waals surface area (Å²) in [6, 6.07) is 13.6. The predicted octanol–water partition coefficient (Wildman–Crippen LogP) is 4.02. The third-order valence-electron chi connectivity index (χ3n) is 5.07. The number of rotatable bonds is 5. The number of benzene rings is 2. The summed E-state index contributed by atoms with van der Waals surface area (Å²) in [5, 5.41) is 3.95. The molecule has 144 valence electrons. The lowest BCUT2D eigenvalue weighted by Gasteiger charge is -2.38.